The molecule has 1 N–H and O–H groups in total. The summed E-state index contributed by atoms with van der Waals surface area (Å²) in [4.78, 5) is 27.9. The fourth-order valence-electron chi connectivity index (χ4n) is 2.56. The van der Waals surface area contributed by atoms with E-state index < -0.39 is 0 Å². The zero-order chi connectivity index (χ0) is 13.0. The van der Waals surface area contributed by atoms with E-state index in [1.54, 1.807) is 30.3 Å². The van der Waals surface area contributed by atoms with Crippen molar-refractivity contribution in [3.63, 3.8) is 0 Å². The van der Waals surface area contributed by atoms with Crippen LogP contribution >= 0.6 is 0 Å². The molecule has 0 unspecified atom stereocenters. The smallest absolute Gasteiger partial charge is 0.280 e. The Hall–Kier alpha value is -2.75. The summed E-state index contributed by atoms with van der Waals surface area (Å²) in [5.41, 5.74) is 1.73. The number of nitrogens with one attached hydrogen (secondary N) is 1. The number of hydrogen-bond acceptors (Lipinski definition) is 2. The number of nitrogens with zero attached hydrogens (tertiary/aromatic N) is 1. The third kappa shape index (κ3) is 1.20. The van der Waals surface area contributed by atoms with Crippen molar-refractivity contribution in [1.29, 1.82) is 0 Å². The van der Waals surface area contributed by atoms with E-state index in [4.69, 9.17) is 0 Å². The molecule has 0 bridgehead atoms. The molecule has 90 valence electrons. The van der Waals surface area contributed by atoms with Gasteiger partial charge in [0.05, 0.1) is 5.56 Å². The molecule has 0 saturated carbocycles. The molecule has 4 heteroatoms. The van der Waals surface area contributed by atoms with Crippen LogP contribution in [0.25, 0.3) is 16.6 Å². The van der Waals surface area contributed by atoms with Crippen LogP contribution in [0.15, 0.2) is 53.3 Å². The lowest BCUT2D eigenvalue weighted by molar-refractivity contribution is -0.355. The van der Waals surface area contributed by atoms with Gasteiger partial charge in [0, 0.05) is 0 Å². The minimum Gasteiger partial charge on any atom is -0.280 e. The predicted molar refractivity (Wildman–Crippen MR) is 69.5 cm³/mol. The van der Waals surface area contributed by atoms with E-state index in [-0.39, 0.29) is 11.3 Å². The number of ketones is 1. The van der Waals surface area contributed by atoms with Gasteiger partial charge in [-0.25, -0.2) is 9.78 Å². The number of carbonyl (C=O) groups is 1. The number of aromatic nitrogens is 2. The van der Waals surface area contributed by atoms with E-state index in [9.17, 15) is 9.59 Å². The van der Waals surface area contributed by atoms with E-state index in [1.807, 2.05) is 18.2 Å². The van der Waals surface area contributed by atoms with E-state index in [2.05, 4.69) is 4.98 Å². The summed E-state index contributed by atoms with van der Waals surface area (Å²) in [6.07, 6.45) is 0. The molecule has 0 saturated heterocycles. The van der Waals surface area contributed by atoms with Gasteiger partial charge in [0.1, 0.15) is 16.6 Å². The molecular weight excluding hydrogens is 240 g/mol. The summed E-state index contributed by atoms with van der Waals surface area (Å²) in [5, 5.41) is 0.579. The van der Waals surface area contributed by atoms with E-state index >= 15 is 0 Å². The van der Waals surface area contributed by atoms with Crippen LogP contribution < -0.4 is 10.5 Å². The van der Waals surface area contributed by atoms with Crippen molar-refractivity contribution in [2.24, 2.45) is 0 Å². The average Bonchev–Trinajstić information content (AvgIpc) is 2.74. The molecule has 2 heterocycles. The number of rotatable bonds is 0. The maximum absolute atomic E-state index is 12.5. The first-order valence-electron chi connectivity index (χ1n) is 5.98. The van der Waals surface area contributed by atoms with E-state index in [0.29, 0.717) is 28.0 Å². The quantitative estimate of drug-likeness (QED) is 0.472. The zero-order valence-electron chi connectivity index (χ0n) is 9.88. The van der Waals surface area contributed by atoms with Crippen molar-refractivity contribution >= 4 is 16.7 Å². The second-order valence-corrected chi connectivity index (χ2v) is 4.51. The number of carbonyl (C=O) groups excluding carboxylic acids is 1. The van der Waals surface area contributed by atoms with Crippen LogP contribution in [0.4, 0.5) is 0 Å². The zero-order valence-corrected chi connectivity index (χ0v) is 9.88. The Kier molecular flexibility index (Phi) is 1.82. The third-order valence-electron chi connectivity index (χ3n) is 3.44. The molecule has 19 heavy (non-hydrogen) atoms. The van der Waals surface area contributed by atoms with Crippen molar-refractivity contribution in [2.75, 3.05) is 0 Å². The predicted octanol–water partition coefficient (Wildman–Crippen LogP) is 1.35. The number of fused-ring (bicyclic) bond motifs is 4. The Morgan fingerprint density at radius 2 is 1.63 bits per heavy atom. The van der Waals surface area contributed by atoms with Crippen LogP contribution in [0.5, 0.6) is 0 Å². The summed E-state index contributed by atoms with van der Waals surface area (Å²) >= 11 is 0. The molecule has 4 rings (SSSR count). The van der Waals surface area contributed by atoms with Crippen molar-refractivity contribution in [1.82, 2.24) is 4.57 Å². The highest BCUT2D eigenvalue weighted by Gasteiger charge is 2.36. The third-order valence-corrected chi connectivity index (χ3v) is 3.44. The van der Waals surface area contributed by atoms with Gasteiger partial charge in [-0.3, -0.25) is 4.79 Å². The highest BCUT2D eigenvalue weighted by atomic mass is 16.1. The molecule has 2 aromatic carbocycles. The fraction of sp³-hybridized carbons (Fsp3) is 0. The topological polar surface area (TPSA) is 53.2 Å². The standard InChI is InChI=1S/C15H8N2O2/c18-13-10-6-2-4-8-12(10)17-14(13)16-11-7-3-1-5-9(11)15(17)19/h1-8H/p+1. The molecule has 1 aromatic heterocycles. The Balaban J connectivity index is 2.24. The molecule has 4 nitrogen and oxygen atoms in total. The lowest BCUT2D eigenvalue weighted by Gasteiger charge is -1.97. The minimum absolute atomic E-state index is 0.140. The molecule has 3 aromatic rings. The van der Waals surface area contributed by atoms with Crippen LogP contribution in [0.1, 0.15) is 16.2 Å². The number of aromatic amines is 1. The summed E-state index contributed by atoms with van der Waals surface area (Å²) in [6.45, 7) is 0. The number of H-pyrrole nitrogens is 1. The van der Waals surface area contributed by atoms with Gasteiger partial charge in [0.2, 0.25) is 0 Å². The van der Waals surface area contributed by atoms with Crippen LogP contribution in [-0.4, -0.2) is 10.4 Å². The fourth-order valence-corrected chi connectivity index (χ4v) is 2.56. The Bertz CT molecular complexity index is 909. The SMILES string of the molecule is O=C1c2ccccc2-n2c1[nH+]c1ccccc1c2=O. The first kappa shape index (κ1) is 10.2. The Labute approximate surface area is 108 Å². The van der Waals surface area contributed by atoms with Gasteiger partial charge in [-0.05, 0) is 24.3 Å². The molecule has 0 radical (unpaired) electrons. The van der Waals surface area contributed by atoms with Gasteiger partial charge in [-0.2, -0.15) is 4.57 Å². The molecule has 0 aliphatic carbocycles. The lowest BCUT2D eigenvalue weighted by atomic mass is 10.1. The molecule has 0 atom stereocenters. The average molecular weight is 249 g/mol. The summed E-state index contributed by atoms with van der Waals surface area (Å²) in [7, 11) is 0. The van der Waals surface area contributed by atoms with Crippen LogP contribution in [0.2, 0.25) is 0 Å². The summed E-state index contributed by atoms with van der Waals surface area (Å²) in [5.74, 6) is 0.184. The van der Waals surface area contributed by atoms with Gasteiger partial charge in [-0.15, -0.1) is 0 Å². The number of para-hydroxylation sites is 2. The van der Waals surface area contributed by atoms with Gasteiger partial charge < -0.3 is 0 Å². The second kappa shape index (κ2) is 3.38. The number of hydrogen-bond donors (Lipinski definition) is 0. The molecule has 0 fully saturated rings. The van der Waals surface area contributed by atoms with Crippen LogP contribution in [0.3, 0.4) is 0 Å². The first-order valence-corrected chi connectivity index (χ1v) is 5.98. The molecule has 0 spiro atoms. The first-order chi connectivity index (χ1) is 9.27. The van der Waals surface area contributed by atoms with Crippen molar-refractivity contribution in [2.45, 2.75) is 0 Å². The van der Waals surface area contributed by atoms with Crippen molar-refractivity contribution in [3.8, 4) is 5.69 Å². The highest BCUT2D eigenvalue weighted by molar-refractivity contribution is 6.12. The Morgan fingerprint density at radius 3 is 2.53 bits per heavy atom. The van der Waals surface area contributed by atoms with Crippen molar-refractivity contribution in [3.05, 3.63) is 70.3 Å². The normalized spacial score (nSPS) is 12.5. The highest BCUT2D eigenvalue weighted by Crippen LogP contribution is 2.23. The van der Waals surface area contributed by atoms with E-state index in [0.717, 1.165) is 0 Å². The maximum atomic E-state index is 12.5. The van der Waals surface area contributed by atoms with Crippen LogP contribution in [0, 0.1) is 0 Å². The van der Waals surface area contributed by atoms with Gasteiger partial charge >= 0.3 is 11.4 Å². The second-order valence-electron chi connectivity index (χ2n) is 4.51. The number of benzene rings is 2. The summed E-state index contributed by atoms with van der Waals surface area (Å²) < 4.78 is 1.46. The van der Waals surface area contributed by atoms with Crippen molar-refractivity contribution < 1.29 is 9.78 Å². The molecule has 0 amide bonds. The van der Waals surface area contributed by atoms with Gasteiger partial charge in [-0.1, -0.05) is 24.3 Å². The van der Waals surface area contributed by atoms with Crippen LogP contribution in [-0.2, 0) is 0 Å². The lowest BCUT2D eigenvalue weighted by Crippen LogP contribution is -2.30. The molecular formula is C15H9N2O2+. The Morgan fingerprint density at radius 1 is 0.895 bits per heavy atom. The van der Waals surface area contributed by atoms with Gasteiger partial charge in [0.15, 0.2) is 0 Å². The maximum Gasteiger partial charge on any atom is 0.350 e. The molecule has 1 aliphatic heterocycles. The summed E-state index contributed by atoms with van der Waals surface area (Å²) in [6, 6.07) is 14.3. The molecule has 1 aliphatic rings. The van der Waals surface area contributed by atoms with E-state index in [1.165, 1.54) is 4.57 Å². The monoisotopic (exact) mass is 249 g/mol. The van der Waals surface area contributed by atoms with Gasteiger partial charge in [0.25, 0.3) is 5.78 Å². The largest absolute Gasteiger partial charge is 0.350 e. The minimum atomic E-state index is -0.164.